The molecule has 0 unspecified atom stereocenters. The van der Waals surface area contributed by atoms with E-state index in [1.54, 1.807) is 0 Å². The first-order valence-corrected chi connectivity index (χ1v) is 3.01. The zero-order valence-corrected chi connectivity index (χ0v) is 4.72. The quantitative estimate of drug-likeness (QED) is 0.524. The predicted molar refractivity (Wildman–Crippen MR) is 29.0 cm³/mol. The number of rotatable bonds is 1. The lowest BCUT2D eigenvalue weighted by molar-refractivity contribution is 0.0414. The maximum atomic E-state index is 8.75. The van der Waals surface area contributed by atoms with E-state index in [2.05, 4.69) is 6.92 Å². The number of hydrogen-bond donors (Lipinski definition) is 1. The molecule has 1 fully saturated rings. The molecule has 1 aliphatic rings. The Morgan fingerprint density at radius 3 is 2.29 bits per heavy atom. The molecule has 0 bridgehead atoms. The molecule has 1 heteroatoms. The van der Waals surface area contributed by atoms with Crippen LogP contribution in [0.1, 0.15) is 26.2 Å². The fourth-order valence-corrected chi connectivity index (χ4v) is 1.03. The van der Waals surface area contributed by atoms with Gasteiger partial charge < -0.3 is 5.11 Å². The van der Waals surface area contributed by atoms with Gasteiger partial charge in [-0.2, -0.15) is 0 Å². The third-order valence-corrected chi connectivity index (χ3v) is 1.79. The van der Waals surface area contributed by atoms with Crippen LogP contribution >= 0.6 is 0 Å². The van der Waals surface area contributed by atoms with Crippen molar-refractivity contribution in [3.63, 3.8) is 0 Å². The minimum Gasteiger partial charge on any atom is -0.393 e. The average Bonchev–Trinajstić information content (AvgIpc) is 1.58. The van der Waals surface area contributed by atoms with E-state index in [-0.39, 0.29) is 6.10 Å². The van der Waals surface area contributed by atoms with Crippen LogP contribution in [0.3, 0.4) is 0 Å². The van der Waals surface area contributed by atoms with Crippen LogP contribution in [0.2, 0.25) is 0 Å². The Balaban J connectivity index is 2.06. The van der Waals surface area contributed by atoms with Crippen molar-refractivity contribution >= 4 is 0 Å². The first kappa shape index (κ1) is 5.10. The summed E-state index contributed by atoms with van der Waals surface area (Å²) in [5, 5.41) is 8.75. The van der Waals surface area contributed by atoms with Crippen LogP contribution in [0.5, 0.6) is 0 Å². The number of aliphatic hydroxyl groups excluding tert-OH is 1. The van der Waals surface area contributed by atoms with Crippen LogP contribution in [-0.4, -0.2) is 11.2 Å². The standard InChI is InChI=1S/C6H12O/c1-2-5-3-6(7)4-5/h5-7H,2-4H2,1H3. The second-order valence-electron chi connectivity index (χ2n) is 2.40. The highest BCUT2D eigenvalue weighted by Gasteiger charge is 2.24. The second kappa shape index (κ2) is 1.83. The van der Waals surface area contributed by atoms with Crippen molar-refractivity contribution in [3.05, 3.63) is 0 Å². The van der Waals surface area contributed by atoms with Crippen molar-refractivity contribution in [2.45, 2.75) is 32.3 Å². The topological polar surface area (TPSA) is 20.2 Å². The summed E-state index contributed by atoms with van der Waals surface area (Å²) in [6, 6.07) is 0. The molecule has 7 heavy (non-hydrogen) atoms. The third kappa shape index (κ3) is 0.942. The van der Waals surface area contributed by atoms with Gasteiger partial charge in [-0.05, 0) is 18.8 Å². The summed E-state index contributed by atoms with van der Waals surface area (Å²) in [5.41, 5.74) is 0. The van der Waals surface area contributed by atoms with E-state index in [4.69, 9.17) is 5.11 Å². The van der Waals surface area contributed by atoms with Gasteiger partial charge in [-0.1, -0.05) is 13.3 Å². The molecule has 0 aliphatic heterocycles. The van der Waals surface area contributed by atoms with Crippen molar-refractivity contribution in [2.75, 3.05) is 0 Å². The van der Waals surface area contributed by atoms with Crippen LogP contribution in [0.4, 0.5) is 0 Å². The lowest BCUT2D eigenvalue weighted by Gasteiger charge is -2.29. The van der Waals surface area contributed by atoms with E-state index in [9.17, 15) is 0 Å². The van der Waals surface area contributed by atoms with Gasteiger partial charge in [-0.25, -0.2) is 0 Å². The van der Waals surface area contributed by atoms with Gasteiger partial charge in [0.05, 0.1) is 6.10 Å². The van der Waals surface area contributed by atoms with Crippen molar-refractivity contribution in [2.24, 2.45) is 5.92 Å². The van der Waals surface area contributed by atoms with Crippen LogP contribution < -0.4 is 0 Å². The molecule has 0 amide bonds. The van der Waals surface area contributed by atoms with E-state index >= 15 is 0 Å². The number of hydrogen-bond acceptors (Lipinski definition) is 1. The molecule has 1 rings (SSSR count). The normalized spacial score (nSPS) is 40.3. The van der Waals surface area contributed by atoms with Gasteiger partial charge in [0.15, 0.2) is 0 Å². The van der Waals surface area contributed by atoms with Crippen LogP contribution in [0.15, 0.2) is 0 Å². The Kier molecular flexibility index (Phi) is 1.33. The van der Waals surface area contributed by atoms with Gasteiger partial charge >= 0.3 is 0 Å². The van der Waals surface area contributed by atoms with Crippen molar-refractivity contribution in [3.8, 4) is 0 Å². The van der Waals surface area contributed by atoms with E-state index in [0.717, 1.165) is 18.8 Å². The summed E-state index contributed by atoms with van der Waals surface area (Å²) in [7, 11) is 0. The molecule has 1 N–H and O–H groups in total. The first-order valence-electron chi connectivity index (χ1n) is 3.01. The monoisotopic (exact) mass is 100 g/mol. The molecular weight excluding hydrogens is 88.1 g/mol. The van der Waals surface area contributed by atoms with Crippen molar-refractivity contribution < 1.29 is 5.11 Å². The van der Waals surface area contributed by atoms with Crippen LogP contribution in [-0.2, 0) is 0 Å². The molecule has 1 aliphatic carbocycles. The maximum absolute atomic E-state index is 8.75. The van der Waals surface area contributed by atoms with Crippen molar-refractivity contribution in [1.29, 1.82) is 0 Å². The summed E-state index contributed by atoms with van der Waals surface area (Å²) in [6.45, 7) is 2.18. The highest BCUT2D eigenvalue weighted by molar-refractivity contribution is 4.76. The maximum Gasteiger partial charge on any atom is 0.0545 e. The number of aliphatic hydroxyl groups is 1. The van der Waals surface area contributed by atoms with Gasteiger partial charge in [-0.3, -0.25) is 0 Å². The lowest BCUT2D eigenvalue weighted by atomic mass is 9.81. The highest BCUT2D eigenvalue weighted by atomic mass is 16.3. The molecule has 1 saturated carbocycles. The van der Waals surface area contributed by atoms with Gasteiger partial charge in [0.2, 0.25) is 0 Å². The van der Waals surface area contributed by atoms with Gasteiger partial charge in [0.25, 0.3) is 0 Å². The fraction of sp³-hybridized carbons (Fsp3) is 1.00. The molecule has 0 radical (unpaired) electrons. The van der Waals surface area contributed by atoms with E-state index in [0.29, 0.717) is 0 Å². The predicted octanol–water partition coefficient (Wildman–Crippen LogP) is 1.17. The largest absolute Gasteiger partial charge is 0.393 e. The molecule has 0 atom stereocenters. The zero-order chi connectivity index (χ0) is 5.28. The third-order valence-electron chi connectivity index (χ3n) is 1.79. The van der Waals surface area contributed by atoms with E-state index in [1.165, 1.54) is 6.42 Å². The molecule has 42 valence electrons. The SMILES string of the molecule is CCC1CC(O)C1. The van der Waals surface area contributed by atoms with Gasteiger partial charge in [0.1, 0.15) is 0 Å². The smallest absolute Gasteiger partial charge is 0.0545 e. The Morgan fingerprint density at radius 1 is 1.57 bits per heavy atom. The summed E-state index contributed by atoms with van der Waals surface area (Å²) < 4.78 is 0. The molecule has 0 aromatic rings. The minimum absolute atomic E-state index is 0.0462. The highest BCUT2D eigenvalue weighted by Crippen LogP contribution is 2.29. The van der Waals surface area contributed by atoms with Crippen LogP contribution in [0, 0.1) is 5.92 Å². The summed E-state index contributed by atoms with van der Waals surface area (Å²) >= 11 is 0. The van der Waals surface area contributed by atoms with E-state index < -0.39 is 0 Å². The molecule has 0 heterocycles. The van der Waals surface area contributed by atoms with Gasteiger partial charge in [0, 0.05) is 0 Å². The lowest BCUT2D eigenvalue weighted by Crippen LogP contribution is -2.27. The molecule has 0 aromatic heterocycles. The summed E-state index contributed by atoms with van der Waals surface area (Å²) in [4.78, 5) is 0. The fourth-order valence-electron chi connectivity index (χ4n) is 1.03. The van der Waals surface area contributed by atoms with Crippen LogP contribution in [0.25, 0.3) is 0 Å². The molecule has 1 nitrogen and oxygen atoms in total. The average molecular weight is 100 g/mol. The Labute approximate surface area is 44.4 Å². The Bertz CT molecular complexity index is 55.2. The summed E-state index contributed by atoms with van der Waals surface area (Å²) in [6.07, 6.45) is 3.40. The Morgan fingerprint density at radius 2 is 2.14 bits per heavy atom. The summed E-state index contributed by atoms with van der Waals surface area (Å²) in [5.74, 6) is 0.843. The van der Waals surface area contributed by atoms with E-state index in [1.807, 2.05) is 0 Å². The molecule has 0 spiro atoms. The first-order chi connectivity index (χ1) is 3.33. The van der Waals surface area contributed by atoms with Gasteiger partial charge in [-0.15, -0.1) is 0 Å². The minimum atomic E-state index is 0.0462. The molecule has 0 saturated heterocycles. The second-order valence-corrected chi connectivity index (χ2v) is 2.40. The Hall–Kier alpha value is -0.0400. The van der Waals surface area contributed by atoms with Crippen molar-refractivity contribution in [1.82, 2.24) is 0 Å². The zero-order valence-electron chi connectivity index (χ0n) is 4.72. The molecular formula is C6H12O. The molecule has 0 aromatic carbocycles.